The first-order valence-electron chi connectivity index (χ1n) is 7.26. The van der Waals surface area contributed by atoms with E-state index in [2.05, 4.69) is 62.3 Å². The van der Waals surface area contributed by atoms with Crippen molar-refractivity contribution in [2.24, 2.45) is 21.7 Å². The molecule has 19 heavy (non-hydrogen) atoms. The van der Waals surface area contributed by atoms with E-state index in [0.29, 0.717) is 6.61 Å². The zero-order chi connectivity index (χ0) is 15.7. The molecule has 2 heteroatoms. The molecule has 1 unspecified atom stereocenters. The van der Waals surface area contributed by atoms with Crippen molar-refractivity contribution in [3.63, 3.8) is 0 Å². The number of hydrogen-bond donors (Lipinski definition) is 0. The van der Waals surface area contributed by atoms with E-state index in [1.807, 2.05) is 6.92 Å². The van der Waals surface area contributed by atoms with Gasteiger partial charge >= 0.3 is 5.97 Å². The zero-order valence-corrected chi connectivity index (χ0v) is 14.7. The van der Waals surface area contributed by atoms with Crippen molar-refractivity contribution < 1.29 is 9.53 Å². The first kappa shape index (κ1) is 18.5. The lowest BCUT2D eigenvalue weighted by molar-refractivity contribution is -0.167. The lowest BCUT2D eigenvalue weighted by Crippen LogP contribution is -2.45. The molecule has 0 aromatic heterocycles. The summed E-state index contributed by atoms with van der Waals surface area (Å²) in [6.07, 6.45) is 0.826. The summed E-state index contributed by atoms with van der Waals surface area (Å²) >= 11 is 0. The van der Waals surface area contributed by atoms with Crippen LogP contribution in [0, 0.1) is 21.7 Å². The molecule has 0 spiro atoms. The summed E-state index contributed by atoms with van der Waals surface area (Å²) in [5.41, 5.74) is -0.468. The van der Waals surface area contributed by atoms with E-state index >= 15 is 0 Å². The van der Waals surface area contributed by atoms with Crippen molar-refractivity contribution >= 4 is 5.97 Å². The van der Waals surface area contributed by atoms with Crippen LogP contribution in [-0.4, -0.2) is 12.6 Å². The molecule has 114 valence electrons. The molecule has 1 atom stereocenters. The summed E-state index contributed by atoms with van der Waals surface area (Å²) in [7, 11) is 0. The molecule has 0 saturated carbocycles. The molecule has 0 aliphatic carbocycles. The molecule has 0 amide bonds. The average Bonchev–Trinajstić information content (AvgIpc) is 2.07. The summed E-state index contributed by atoms with van der Waals surface area (Å²) in [5.74, 6) is -0.0650. The lowest BCUT2D eigenvalue weighted by Gasteiger charge is -2.43. The van der Waals surface area contributed by atoms with Crippen molar-refractivity contribution in [1.29, 1.82) is 0 Å². The smallest absolute Gasteiger partial charge is 0.312 e. The largest absolute Gasteiger partial charge is 0.465 e. The lowest BCUT2D eigenvalue weighted by atomic mass is 9.61. The number of ether oxygens (including phenoxy) is 1. The molecule has 0 heterocycles. The Kier molecular flexibility index (Phi) is 5.30. The van der Waals surface area contributed by atoms with Gasteiger partial charge in [0.05, 0.1) is 12.0 Å². The molecule has 2 nitrogen and oxygen atoms in total. The van der Waals surface area contributed by atoms with Gasteiger partial charge in [0.1, 0.15) is 0 Å². The van der Waals surface area contributed by atoms with Crippen molar-refractivity contribution in [2.75, 3.05) is 6.61 Å². The van der Waals surface area contributed by atoms with Crippen LogP contribution in [-0.2, 0) is 9.53 Å². The van der Waals surface area contributed by atoms with Gasteiger partial charge in [0, 0.05) is 0 Å². The highest BCUT2D eigenvalue weighted by molar-refractivity contribution is 5.77. The quantitative estimate of drug-likeness (QED) is 0.670. The van der Waals surface area contributed by atoms with Crippen LogP contribution < -0.4 is 0 Å². The van der Waals surface area contributed by atoms with Crippen molar-refractivity contribution in [1.82, 2.24) is 0 Å². The third-order valence-corrected chi connectivity index (χ3v) is 3.63. The minimum Gasteiger partial charge on any atom is -0.465 e. The van der Waals surface area contributed by atoms with Crippen molar-refractivity contribution in [2.45, 2.75) is 75.7 Å². The van der Waals surface area contributed by atoms with Gasteiger partial charge in [-0.05, 0) is 29.6 Å². The van der Waals surface area contributed by atoms with Gasteiger partial charge < -0.3 is 4.74 Å². The predicted octanol–water partition coefficient (Wildman–Crippen LogP) is 5.06. The van der Waals surface area contributed by atoms with Gasteiger partial charge in [-0.15, -0.1) is 0 Å². The van der Waals surface area contributed by atoms with E-state index in [1.165, 1.54) is 0 Å². The SMILES string of the molecule is CC(C)(C)COC(=O)C(C)(CC(C)(C)C)C(C)(C)C. The van der Waals surface area contributed by atoms with Gasteiger partial charge in [-0.1, -0.05) is 62.3 Å². The molecular weight excluding hydrogens is 236 g/mol. The third-order valence-electron chi connectivity index (χ3n) is 3.63. The van der Waals surface area contributed by atoms with Crippen LogP contribution >= 0.6 is 0 Å². The van der Waals surface area contributed by atoms with Crippen molar-refractivity contribution in [3.8, 4) is 0 Å². The first-order chi connectivity index (χ1) is 8.08. The predicted molar refractivity (Wildman–Crippen MR) is 82.0 cm³/mol. The van der Waals surface area contributed by atoms with Gasteiger partial charge in [0.2, 0.25) is 0 Å². The number of hydrogen-bond acceptors (Lipinski definition) is 2. The fraction of sp³-hybridized carbons (Fsp3) is 0.941. The summed E-state index contributed by atoms with van der Waals surface area (Å²) in [5, 5.41) is 0. The number of carbonyl (C=O) groups is 1. The molecule has 0 aliphatic heterocycles. The van der Waals surface area contributed by atoms with E-state index in [1.54, 1.807) is 0 Å². The molecule has 0 fully saturated rings. The monoisotopic (exact) mass is 270 g/mol. The normalized spacial score (nSPS) is 16.9. The van der Waals surface area contributed by atoms with E-state index < -0.39 is 5.41 Å². The maximum Gasteiger partial charge on any atom is 0.312 e. The van der Waals surface area contributed by atoms with Crippen LogP contribution in [0.1, 0.15) is 75.7 Å². The van der Waals surface area contributed by atoms with Gasteiger partial charge in [-0.2, -0.15) is 0 Å². The standard InChI is InChI=1S/C17H34O2/c1-14(2,3)11-17(10,16(7,8)9)13(18)19-12-15(4,5)6/h11-12H2,1-10H3. The number of rotatable bonds is 3. The second-order valence-electron chi connectivity index (χ2n) is 9.46. The fourth-order valence-electron chi connectivity index (χ4n) is 2.15. The maximum atomic E-state index is 12.6. The maximum absolute atomic E-state index is 12.6. The highest BCUT2D eigenvalue weighted by Gasteiger charge is 2.47. The average molecular weight is 270 g/mol. The van der Waals surface area contributed by atoms with Gasteiger partial charge in [0.15, 0.2) is 0 Å². The molecular formula is C17H34O2. The van der Waals surface area contributed by atoms with Gasteiger partial charge in [-0.25, -0.2) is 0 Å². The second-order valence-corrected chi connectivity index (χ2v) is 9.46. The van der Waals surface area contributed by atoms with E-state index in [0.717, 1.165) is 6.42 Å². The minimum absolute atomic E-state index is 0.0101. The highest BCUT2D eigenvalue weighted by Crippen LogP contribution is 2.47. The Morgan fingerprint density at radius 1 is 0.789 bits per heavy atom. The Bertz CT molecular complexity index is 310. The van der Waals surface area contributed by atoms with E-state index in [9.17, 15) is 4.79 Å². The Hall–Kier alpha value is -0.530. The molecule has 0 rings (SSSR count). The van der Waals surface area contributed by atoms with E-state index in [-0.39, 0.29) is 22.2 Å². The highest BCUT2D eigenvalue weighted by atomic mass is 16.5. The molecule has 0 aliphatic rings. The van der Waals surface area contributed by atoms with E-state index in [4.69, 9.17) is 4.74 Å². The molecule has 0 saturated heterocycles. The van der Waals surface area contributed by atoms with Gasteiger partial charge in [-0.3, -0.25) is 4.79 Å². The second kappa shape index (κ2) is 5.46. The van der Waals surface area contributed by atoms with Crippen LogP contribution in [0.2, 0.25) is 0 Å². The van der Waals surface area contributed by atoms with Crippen LogP contribution in [0.5, 0.6) is 0 Å². The topological polar surface area (TPSA) is 26.3 Å². The summed E-state index contributed by atoms with van der Waals surface area (Å²) in [6, 6.07) is 0. The van der Waals surface area contributed by atoms with Crippen LogP contribution in [0.3, 0.4) is 0 Å². The molecule has 0 radical (unpaired) electrons. The van der Waals surface area contributed by atoms with Crippen LogP contribution in [0.4, 0.5) is 0 Å². The number of esters is 1. The summed E-state index contributed by atoms with van der Waals surface area (Å²) in [4.78, 5) is 12.6. The molecule has 0 aromatic carbocycles. The Morgan fingerprint density at radius 2 is 1.21 bits per heavy atom. The molecule has 0 bridgehead atoms. The Morgan fingerprint density at radius 3 is 1.47 bits per heavy atom. The Balaban J connectivity index is 5.12. The molecule has 0 N–H and O–H groups in total. The Labute approximate surface area is 120 Å². The van der Waals surface area contributed by atoms with Crippen molar-refractivity contribution in [3.05, 3.63) is 0 Å². The number of carbonyl (C=O) groups excluding carboxylic acids is 1. The van der Waals surface area contributed by atoms with Crippen LogP contribution in [0.15, 0.2) is 0 Å². The summed E-state index contributed by atoms with van der Waals surface area (Å²) in [6.45, 7) is 21.7. The third kappa shape index (κ3) is 5.97. The first-order valence-corrected chi connectivity index (χ1v) is 7.26. The van der Waals surface area contributed by atoms with Crippen LogP contribution in [0.25, 0.3) is 0 Å². The zero-order valence-electron chi connectivity index (χ0n) is 14.7. The van der Waals surface area contributed by atoms with Gasteiger partial charge in [0.25, 0.3) is 0 Å². The fourth-order valence-corrected chi connectivity index (χ4v) is 2.15. The summed E-state index contributed by atoms with van der Waals surface area (Å²) < 4.78 is 5.61. The minimum atomic E-state index is -0.462. The molecule has 0 aromatic rings.